The van der Waals surface area contributed by atoms with E-state index in [4.69, 9.17) is 0 Å². The van der Waals surface area contributed by atoms with Crippen LogP contribution in [0.5, 0.6) is 0 Å². The number of nitro benzene ring substituents is 1. The number of hydrogen-bond donors (Lipinski definition) is 1. The van der Waals surface area contributed by atoms with Crippen LogP contribution in [0, 0.1) is 10.1 Å². The van der Waals surface area contributed by atoms with Gasteiger partial charge < -0.3 is 0 Å². The van der Waals surface area contributed by atoms with E-state index < -0.39 is 21.0 Å². The lowest BCUT2D eigenvalue weighted by Gasteiger charge is -2.14. The minimum absolute atomic E-state index is 0.125. The monoisotopic (exact) mass is 306 g/mol. The Bertz CT molecular complexity index is 745. The van der Waals surface area contributed by atoms with Crippen molar-refractivity contribution in [2.75, 3.05) is 0 Å². The lowest BCUT2D eigenvalue weighted by atomic mass is 10.1. The standard InChI is InChI=1S/C14H14N2O4S/c1-11(12-6-3-2-4-7-12)15-21(19,20)14-9-5-8-13(10-14)16(17)18/h2-11,15H,1H3/t11-/m0/s1. The van der Waals surface area contributed by atoms with Gasteiger partial charge in [-0.05, 0) is 18.6 Å². The van der Waals surface area contributed by atoms with E-state index in [-0.39, 0.29) is 10.6 Å². The van der Waals surface area contributed by atoms with Crippen molar-refractivity contribution in [1.29, 1.82) is 0 Å². The molecule has 6 nitrogen and oxygen atoms in total. The molecule has 0 spiro atoms. The first-order valence-electron chi connectivity index (χ1n) is 6.22. The van der Waals surface area contributed by atoms with Gasteiger partial charge in [0.1, 0.15) is 0 Å². The number of sulfonamides is 1. The SMILES string of the molecule is C[C@H](NS(=O)(=O)c1cccc([N+](=O)[O-])c1)c1ccccc1. The molecule has 0 saturated carbocycles. The molecule has 2 rings (SSSR count). The predicted molar refractivity (Wildman–Crippen MR) is 78.3 cm³/mol. The average Bonchev–Trinajstić information content (AvgIpc) is 2.48. The minimum atomic E-state index is -3.82. The second-order valence-electron chi connectivity index (χ2n) is 4.51. The molecule has 0 heterocycles. The highest BCUT2D eigenvalue weighted by atomic mass is 32.2. The lowest BCUT2D eigenvalue weighted by Crippen LogP contribution is -2.26. The van der Waals surface area contributed by atoms with Crippen LogP contribution in [0.3, 0.4) is 0 Å². The minimum Gasteiger partial charge on any atom is -0.258 e. The molecule has 0 saturated heterocycles. The maximum atomic E-state index is 12.3. The van der Waals surface area contributed by atoms with Crippen molar-refractivity contribution in [3.63, 3.8) is 0 Å². The van der Waals surface area contributed by atoms with Crippen molar-refractivity contribution in [1.82, 2.24) is 4.72 Å². The molecule has 0 radical (unpaired) electrons. The van der Waals surface area contributed by atoms with Gasteiger partial charge in [-0.1, -0.05) is 36.4 Å². The summed E-state index contributed by atoms with van der Waals surface area (Å²) in [5.41, 5.74) is 0.553. The molecule has 0 aromatic heterocycles. The smallest absolute Gasteiger partial charge is 0.258 e. The van der Waals surface area contributed by atoms with Gasteiger partial charge in [0.15, 0.2) is 0 Å². The van der Waals surface area contributed by atoms with Crippen LogP contribution in [0.1, 0.15) is 18.5 Å². The van der Waals surface area contributed by atoms with Crippen LogP contribution < -0.4 is 4.72 Å². The highest BCUT2D eigenvalue weighted by Crippen LogP contribution is 2.20. The predicted octanol–water partition coefficient (Wildman–Crippen LogP) is 2.63. The molecule has 1 atom stereocenters. The van der Waals surface area contributed by atoms with Crippen molar-refractivity contribution in [2.45, 2.75) is 17.9 Å². The van der Waals surface area contributed by atoms with E-state index in [2.05, 4.69) is 4.72 Å². The summed E-state index contributed by atoms with van der Waals surface area (Å²) in [6, 6.07) is 13.6. The molecule has 0 unspecified atom stereocenters. The third kappa shape index (κ3) is 3.65. The van der Waals surface area contributed by atoms with Gasteiger partial charge in [0.2, 0.25) is 10.0 Å². The Morgan fingerprint density at radius 3 is 2.38 bits per heavy atom. The van der Waals surface area contributed by atoms with Crippen LogP contribution in [0.25, 0.3) is 0 Å². The fraction of sp³-hybridized carbons (Fsp3) is 0.143. The first-order valence-corrected chi connectivity index (χ1v) is 7.70. The molecule has 0 bridgehead atoms. The fourth-order valence-corrected chi connectivity index (χ4v) is 3.15. The number of nitro groups is 1. The van der Waals surface area contributed by atoms with Gasteiger partial charge in [-0.2, -0.15) is 0 Å². The molecular formula is C14H14N2O4S. The van der Waals surface area contributed by atoms with E-state index in [0.717, 1.165) is 11.6 Å². The lowest BCUT2D eigenvalue weighted by molar-refractivity contribution is -0.385. The number of non-ortho nitro benzene ring substituents is 1. The summed E-state index contributed by atoms with van der Waals surface area (Å²) in [5, 5.41) is 10.7. The Morgan fingerprint density at radius 2 is 1.76 bits per heavy atom. The molecule has 0 aliphatic heterocycles. The number of hydrogen-bond acceptors (Lipinski definition) is 4. The highest BCUT2D eigenvalue weighted by molar-refractivity contribution is 7.89. The van der Waals surface area contributed by atoms with E-state index in [1.54, 1.807) is 19.1 Å². The topological polar surface area (TPSA) is 89.3 Å². The van der Waals surface area contributed by atoms with Crippen LogP contribution in [-0.2, 0) is 10.0 Å². The maximum Gasteiger partial charge on any atom is 0.270 e. The quantitative estimate of drug-likeness (QED) is 0.679. The molecule has 0 aliphatic rings. The molecular weight excluding hydrogens is 292 g/mol. The maximum absolute atomic E-state index is 12.3. The van der Waals surface area contributed by atoms with Gasteiger partial charge in [-0.3, -0.25) is 10.1 Å². The Morgan fingerprint density at radius 1 is 1.10 bits per heavy atom. The third-order valence-corrected chi connectivity index (χ3v) is 4.51. The van der Waals surface area contributed by atoms with Gasteiger partial charge in [-0.25, -0.2) is 13.1 Å². The second kappa shape index (κ2) is 6.02. The fourth-order valence-electron chi connectivity index (χ4n) is 1.87. The molecule has 0 aliphatic carbocycles. The molecule has 0 amide bonds. The first-order chi connectivity index (χ1) is 9.90. The van der Waals surface area contributed by atoms with Gasteiger partial charge in [0.05, 0.1) is 9.82 Å². The van der Waals surface area contributed by atoms with Gasteiger partial charge in [-0.15, -0.1) is 0 Å². The molecule has 0 fully saturated rings. The average molecular weight is 306 g/mol. The van der Waals surface area contributed by atoms with E-state index in [9.17, 15) is 18.5 Å². The van der Waals surface area contributed by atoms with Crippen LogP contribution in [0.2, 0.25) is 0 Å². The number of rotatable bonds is 5. The van der Waals surface area contributed by atoms with Crippen LogP contribution in [0.4, 0.5) is 5.69 Å². The van der Waals surface area contributed by atoms with Crippen molar-refractivity contribution < 1.29 is 13.3 Å². The van der Waals surface area contributed by atoms with Gasteiger partial charge in [0, 0.05) is 18.2 Å². The number of nitrogens with one attached hydrogen (secondary N) is 1. The molecule has 21 heavy (non-hydrogen) atoms. The first kappa shape index (κ1) is 15.1. The van der Waals surface area contributed by atoms with Crippen molar-refractivity contribution in [2.24, 2.45) is 0 Å². The second-order valence-corrected chi connectivity index (χ2v) is 6.22. The van der Waals surface area contributed by atoms with Crippen molar-refractivity contribution in [3.8, 4) is 0 Å². The zero-order valence-corrected chi connectivity index (χ0v) is 12.1. The van der Waals surface area contributed by atoms with Crippen molar-refractivity contribution in [3.05, 3.63) is 70.3 Å². The Balaban J connectivity index is 2.26. The van der Waals surface area contributed by atoms with E-state index in [0.29, 0.717) is 0 Å². The van der Waals surface area contributed by atoms with Gasteiger partial charge >= 0.3 is 0 Å². The largest absolute Gasteiger partial charge is 0.270 e. The summed E-state index contributed by atoms with van der Waals surface area (Å²) < 4.78 is 27.0. The van der Waals surface area contributed by atoms with Crippen molar-refractivity contribution >= 4 is 15.7 Å². The van der Waals surface area contributed by atoms with Crippen LogP contribution in [0.15, 0.2) is 59.5 Å². The van der Waals surface area contributed by atoms with Crippen LogP contribution >= 0.6 is 0 Å². The summed E-state index contributed by atoms with van der Waals surface area (Å²) in [7, 11) is -3.82. The summed E-state index contributed by atoms with van der Waals surface area (Å²) in [4.78, 5) is 9.96. The molecule has 7 heteroatoms. The molecule has 110 valence electrons. The molecule has 2 aromatic carbocycles. The zero-order chi connectivity index (χ0) is 15.5. The summed E-state index contributed by atoms with van der Waals surface area (Å²) in [6.07, 6.45) is 0. The summed E-state index contributed by atoms with van der Waals surface area (Å²) in [6.45, 7) is 1.71. The number of benzene rings is 2. The van der Waals surface area contributed by atoms with Crippen LogP contribution in [-0.4, -0.2) is 13.3 Å². The van der Waals surface area contributed by atoms with Gasteiger partial charge in [0.25, 0.3) is 5.69 Å². The molecule has 2 aromatic rings. The Hall–Kier alpha value is -2.25. The highest BCUT2D eigenvalue weighted by Gasteiger charge is 2.20. The van der Waals surface area contributed by atoms with E-state index in [1.807, 2.05) is 18.2 Å². The molecule has 1 N–H and O–H groups in total. The summed E-state index contributed by atoms with van der Waals surface area (Å²) >= 11 is 0. The van der Waals surface area contributed by atoms with E-state index in [1.165, 1.54) is 18.2 Å². The van der Waals surface area contributed by atoms with E-state index >= 15 is 0 Å². The Kier molecular flexibility index (Phi) is 4.35. The Labute approximate surface area is 122 Å². The number of nitrogens with zero attached hydrogens (tertiary/aromatic N) is 1. The normalized spacial score (nSPS) is 12.8. The zero-order valence-electron chi connectivity index (χ0n) is 11.3. The third-order valence-electron chi connectivity index (χ3n) is 2.97. The summed E-state index contributed by atoms with van der Waals surface area (Å²) in [5.74, 6) is 0.